The summed E-state index contributed by atoms with van der Waals surface area (Å²) in [4.78, 5) is 4.29. The number of hydrogen-bond donors (Lipinski definition) is 2. The van der Waals surface area contributed by atoms with Crippen LogP contribution in [0.4, 0.5) is 4.39 Å². The van der Waals surface area contributed by atoms with Crippen molar-refractivity contribution in [3.63, 3.8) is 0 Å². The van der Waals surface area contributed by atoms with E-state index >= 15 is 0 Å². The highest BCUT2D eigenvalue weighted by Crippen LogP contribution is 2.27. The van der Waals surface area contributed by atoms with Gasteiger partial charge < -0.3 is 10.6 Å². The topological polar surface area (TPSA) is 36.4 Å². The number of thioether (sulfide) groups is 1. The van der Waals surface area contributed by atoms with Crippen LogP contribution in [0.3, 0.4) is 0 Å². The zero-order valence-electron chi connectivity index (χ0n) is 13.8. The Hall–Kier alpha value is -0.500. The molecule has 6 heteroatoms. The highest BCUT2D eigenvalue weighted by molar-refractivity contribution is 14.0. The van der Waals surface area contributed by atoms with Crippen LogP contribution < -0.4 is 10.6 Å². The Morgan fingerprint density at radius 1 is 1.39 bits per heavy atom. The quantitative estimate of drug-likeness (QED) is 0.299. The van der Waals surface area contributed by atoms with Gasteiger partial charge >= 0.3 is 0 Å². The van der Waals surface area contributed by atoms with Crippen molar-refractivity contribution in [2.45, 2.75) is 43.4 Å². The molecule has 0 saturated heterocycles. The fourth-order valence-electron chi connectivity index (χ4n) is 2.87. The standard InChI is InChI=1S/C17H26FN3S.HI/c1-19-17(21-15-8-9-16(12-15)22-2)20-10-4-6-13-5-3-7-14(18)11-13;/h3,5,7,11,15-16H,4,6,8-10,12H2,1-2H3,(H2,19,20,21);1H. The molecule has 0 heterocycles. The fraction of sp³-hybridized carbons (Fsp3) is 0.588. The Morgan fingerprint density at radius 2 is 2.22 bits per heavy atom. The molecular formula is C17H27FIN3S. The first-order valence-corrected chi connectivity index (χ1v) is 9.24. The normalized spacial score (nSPS) is 20.9. The number of guanidine groups is 1. The molecule has 23 heavy (non-hydrogen) atoms. The van der Waals surface area contributed by atoms with E-state index in [1.54, 1.807) is 12.1 Å². The second-order valence-electron chi connectivity index (χ2n) is 5.74. The van der Waals surface area contributed by atoms with E-state index in [0.29, 0.717) is 6.04 Å². The van der Waals surface area contributed by atoms with Crippen molar-refractivity contribution in [1.29, 1.82) is 0 Å². The van der Waals surface area contributed by atoms with E-state index < -0.39 is 0 Å². The van der Waals surface area contributed by atoms with E-state index in [2.05, 4.69) is 21.9 Å². The molecule has 0 aliphatic heterocycles. The van der Waals surface area contributed by atoms with Gasteiger partial charge in [-0.1, -0.05) is 12.1 Å². The number of hydrogen-bond acceptors (Lipinski definition) is 2. The molecule has 3 nitrogen and oxygen atoms in total. The van der Waals surface area contributed by atoms with Gasteiger partial charge in [-0.3, -0.25) is 4.99 Å². The smallest absolute Gasteiger partial charge is 0.191 e. The van der Waals surface area contributed by atoms with Gasteiger partial charge in [0, 0.05) is 24.9 Å². The van der Waals surface area contributed by atoms with Crippen molar-refractivity contribution in [2.24, 2.45) is 4.99 Å². The first-order valence-electron chi connectivity index (χ1n) is 7.95. The Labute approximate surface area is 160 Å². The van der Waals surface area contributed by atoms with Crippen molar-refractivity contribution >= 4 is 41.7 Å². The number of aryl methyl sites for hydroxylation is 1. The molecule has 1 aliphatic carbocycles. The zero-order chi connectivity index (χ0) is 15.8. The minimum Gasteiger partial charge on any atom is -0.356 e. The molecule has 2 N–H and O–H groups in total. The zero-order valence-corrected chi connectivity index (χ0v) is 17.0. The van der Waals surface area contributed by atoms with Crippen molar-refractivity contribution in [1.82, 2.24) is 10.6 Å². The Kier molecular flexibility index (Phi) is 9.94. The SMILES string of the molecule is CN=C(NCCCc1cccc(F)c1)NC1CCC(SC)C1.I. The largest absolute Gasteiger partial charge is 0.356 e. The number of halogens is 2. The van der Waals surface area contributed by atoms with Gasteiger partial charge in [-0.15, -0.1) is 24.0 Å². The predicted molar refractivity (Wildman–Crippen MR) is 110 cm³/mol. The van der Waals surface area contributed by atoms with Crippen LogP contribution in [-0.2, 0) is 6.42 Å². The summed E-state index contributed by atoms with van der Waals surface area (Å²) in [6.07, 6.45) is 7.74. The van der Waals surface area contributed by atoms with E-state index in [-0.39, 0.29) is 29.8 Å². The minimum absolute atomic E-state index is 0. The molecule has 1 fully saturated rings. The molecule has 0 bridgehead atoms. The highest BCUT2D eigenvalue weighted by Gasteiger charge is 2.24. The van der Waals surface area contributed by atoms with E-state index in [1.165, 1.54) is 25.3 Å². The molecule has 130 valence electrons. The summed E-state index contributed by atoms with van der Waals surface area (Å²) in [5.74, 6) is 0.721. The summed E-state index contributed by atoms with van der Waals surface area (Å²) < 4.78 is 13.1. The summed E-state index contributed by atoms with van der Waals surface area (Å²) in [7, 11) is 1.81. The van der Waals surface area contributed by atoms with Gasteiger partial charge in [-0.05, 0) is 56.1 Å². The third-order valence-corrected chi connectivity index (χ3v) is 5.20. The fourth-order valence-corrected chi connectivity index (χ4v) is 3.66. The summed E-state index contributed by atoms with van der Waals surface area (Å²) in [6, 6.07) is 7.36. The lowest BCUT2D eigenvalue weighted by Gasteiger charge is -2.17. The summed E-state index contributed by atoms with van der Waals surface area (Å²) >= 11 is 1.96. The number of benzene rings is 1. The lowest BCUT2D eigenvalue weighted by Crippen LogP contribution is -2.42. The van der Waals surface area contributed by atoms with Gasteiger partial charge in [0.05, 0.1) is 0 Å². The second kappa shape index (κ2) is 11.1. The van der Waals surface area contributed by atoms with E-state index in [0.717, 1.165) is 36.2 Å². The van der Waals surface area contributed by atoms with Crippen LogP contribution in [0.1, 0.15) is 31.2 Å². The van der Waals surface area contributed by atoms with Crippen molar-refractivity contribution in [3.8, 4) is 0 Å². The molecule has 2 unspecified atom stereocenters. The Morgan fingerprint density at radius 3 is 2.87 bits per heavy atom. The molecule has 1 aliphatic rings. The van der Waals surface area contributed by atoms with Crippen molar-refractivity contribution < 1.29 is 4.39 Å². The first kappa shape index (κ1) is 20.5. The second-order valence-corrected chi connectivity index (χ2v) is 6.88. The van der Waals surface area contributed by atoms with E-state index in [1.807, 2.05) is 24.9 Å². The third-order valence-electron chi connectivity index (χ3n) is 4.11. The Balaban J connectivity index is 0.00000264. The maximum Gasteiger partial charge on any atom is 0.191 e. The van der Waals surface area contributed by atoms with Gasteiger partial charge in [0.25, 0.3) is 0 Å². The van der Waals surface area contributed by atoms with Gasteiger partial charge in [0.2, 0.25) is 0 Å². The third kappa shape index (κ3) is 7.28. The molecule has 1 aromatic carbocycles. The molecule has 0 aromatic heterocycles. The average Bonchev–Trinajstić information content (AvgIpc) is 2.98. The van der Waals surface area contributed by atoms with E-state index in [4.69, 9.17) is 0 Å². The van der Waals surface area contributed by atoms with Crippen LogP contribution in [-0.4, -0.2) is 37.1 Å². The molecule has 0 radical (unpaired) electrons. The summed E-state index contributed by atoms with van der Waals surface area (Å²) in [5, 5.41) is 7.64. The molecule has 0 amide bonds. The molecule has 1 aromatic rings. The van der Waals surface area contributed by atoms with Crippen LogP contribution in [0.15, 0.2) is 29.3 Å². The highest BCUT2D eigenvalue weighted by atomic mass is 127. The van der Waals surface area contributed by atoms with Gasteiger partial charge in [0.1, 0.15) is 5.82 Å². The number of nitrogens with zero attached hydrogens (tertiary/aromatic N) is 1. The first-order chi connectivity index (χ1) is 10.7. The molecule has 0 spiro atoms. The van der Waals surface area contributed by atoms with Gasteiger partial charge in [-0.2, -0.15) is 11.8 Å². The predicted octanol–water partition coefficient (Wildman–Crippen LogP) is 3.83. The maximum atomic E-state index is 13.1. The van der Waals surface area contributed by atoms with Crippen LogP contribution in [0.2, 0.25) is 0 Å². The lowest BCUT2D eigenvalue weighted by atomic mass is 10.1. The summed E-state index contributed by atoms with van der Waals surface area (Å²) in [5.41, 5.74) is 1.04. The molecular weight excluding hydrogens is 424 g/mol. The Bertz CT molecular complexity index is 498. The molecule has 2 rings (SSSR count). The summed E-state index contributed by atoms with van der Waals surface area (Å²) in [6.45, 7) is 0.842. The number of aliphatic imine (C=N–C) groups is 1. The average molecular weight is 451 g/mol. The number of nitrogens with one attached hydrogen (secondary N) is 2. The van der Waals surface area contributed by atoms with Crippen LogP contribution in [0, 0.1) is 5.82 Å². The van der Waals surface area contributed by atoms with Crippen LogP contribution in [0.25, 0.3) is 0 Å². The van der Waals surface area contributed by atoms with Gasteiger partial charge in [-0.25, -0.2) is 4.39 Å². The van der Waals surface area contributed by atoms with Crippen molar-refractivity contribution in [2.75, 3.05) is 19.8 Å². The molecule has 2 atom stereocenters. The van der Waals surface area contributed by atoms with Crippen molar-refractivity contribution in [3.05, 3.63) is 35.6 Å². The monoisotopic (exact) mass is 451 g/mol. The minimum atomic E-state index is -0.160. The maximum absolute atomic E-state index is 13.1. The number of rotatable bonds is 6. The molecule has 1 saturated carbocycles. The van der Waals surface area contributed by atoms with Crippen LogP contribution in [0.5, 0.6) is 0 Å². The van der Waals surface area contributed by atoms with Crippen LogP contribution >= 0.6 is 35.7 Å². The van der Waals surface area contributed by atoms with E-state index in [9.17, 15) is 4.39 Å². The lowest BCUT2D eigenvalue weighted by molar-refractivity contribution is 0.610. The van der Waals surface area contributed by atoms with Gasteiger partial charge in [0.15, 0.2) is 5.96 Å².